The van der Waals surface area contributed by atoms with Gasteiger partial charge in [-0.05, 0) is 31.4 Å². The van der Waals surface area contributed by atoms with Gasteiger partial charge in [0.15, 0.2) is 0 Å². The molecule has 0 saturated heterocycles. The van der Waals surface area contributed by atoms with Crippen molar-refractivity contribution in [3.05, 3.63) is 22.2 Å². The van der Waals surface area contributed by atoms with Gasteiger partial charge in [0.1, 0.15) is 11.5 Å². The molecular weight excluding hydrogens is 238 g/mol. The number of nitrogens with two attached hydrogens (primary N) is 1. The van der Waals surface area contributed by atoms with Crippen LogP contribution in [0.15, 0.2) is 6.07 Å². The van der Waals surface area contributed by atoms with Crippen molar-refractivity contribution in [3.63, 3.8) is 0 Å². The molecule has 1 aliphatic carbocycles. The zero-order valence-electron chi connectivity index (χ0n) is 10.5. The molecule has 0 aliphatic heterocycles. The van der Waals surface area contributed by atoms with Crippen molar-refractivity contribution in [3.8, 4) is 11.5 Å². The summed E-state index contributed by atoms with van der Waals surface area (Å²) < 4.78 is 10.8. The smallest absolute Gasteiger partial charge is 0.140 e. The highest BCUT2D eigenvalue weighted by Gasteiger charge is 2.47. The molecule has 2 rings (SSSR count). The Kier molecular flexibility index (Phi) is 3.23. The molecule has 0 bridgehead atoms. The second-order valence-corrected chi connectivity index (χ2v) is 4.98. The van der Waals surface area contributed by atoms with Crippen molar-refractivity contribution in [2.45, 2.75) is 25.2 Å². The third-order valence-electron chi connectivity index (χ3n) is 3.57. The third kappa shape index (κ3) is 1.87. The van der Waals surface area contributed by atoms with Gasteiger partial charge >= 0.3 is 0 Å². The Bertz CT molecular complexity index is 442. The summed E-state index contributed by atoms with van der Waals surface area (Å²) in [6, 6.07) is 1.97. The molecule has 0 aromatic heterocycles. The van der Waals surface area contributed by atoms with Crippen LogP contribution in [0, 0.1) is 6.92 Å². The van der Waals surface area contributed by atoms with Gasteiger partial charge in [0.25, 0.3) is 0 Å². The molecule has 0 atom stereocenters. The van der Waals surface area contributed by atoms with Crippen LogP contribution in [0.4, 0.5) is 0 Å². The van der Waals surface area contributed by atoms with Crippen molar-refractivity contribution in [2.24, 2.45) is 5.73 Å². The lowest BCUT2D eigenvalue weighted by Crippen LogP contribution is -2.21. The first-order valence-corrected chi connectivity index (χ1v) is 6.09. The summed E-state index contributed by atoms with van der Waals surface area (Å²) in [5, 5.41) is 0.646. The molecule has 0 amide bonds. The number of methoxy groups -OCH3 is 2. The second-order valence-electron chi connectivity index (χ2n) is 4.60. The van der Waals surface area contributed by atoms with Crippen LogP contribution >= 0.6 is 11.6 Å². The molecule has 4 heteroatoms. The van der Waals surface area contributed by atoms with Gasteiger partial charge in [-0.3, -0.25) is 0 Å². The molecule has 3 nitrogen and oxygen atoms in total. The molecule has 0 unspecified atom stereocenters. The van der Waals surface area contributed by atoms with E-state index in [1.54, 1.807) is 14.2 Å². The first-order valence-electron chi connectivity index (χ1n) is 5.71. The molecular formula is C13H18ClNO2. The van der Waals surface area contributed by atoms with Crippen molar-refractivity contribution in [1.29, 1.82) is 0 Å². The number of halogens is 1. The zero-order chi connectivity index (χ0) is 12.6. The summed E-state index contributed by atoms with van der Waals surface area (Å²) in [5.74, 6) is 1.54. The van der Waals surface area contributed by atoms with Gasteiger partial charge in [-0.2, -0.15) is 0 Å². The maximum atomic E-state index is 6.44. The molecule has 94 valence electrons. The first-order chi connectivity index (χ1) is 8.09. The summed E-state index contributed by atoms with van der Waals surface area (Å²) >= 11 is 6.44. The predicted molar refractivity (Wildman–Crippen MR) is 69.3 cm³/mol. The molecule has 0 radical (unpaired) electrons. The van der Waals surface area contributed by atoms with E-state index in [4.69, 9.17) is 26.8 Å². The fourth-order valence-electron chi connectivity index (χ4n) is 2.34. The van der Waals surface area contributed by atoms with E-state index in [1.807, 2.05) is 13.0 Å². The Balaban J connectivity index is 2.63. The van der Waals surface area contributed by atoms with Crippen molar-refractivity contribution in [2.75, 3.05) is 20.8 Å². The zero-order valence-corrected chi connectivity index (χ0v) is 11.2. The minimum absolute atomic E-state index is 0.0105. The largest absolute Gasteiger partial charge is 0.496 e. The molecule has 0 heterocycles. The van der Waals surface area contributed by atoms with Crippen molar-refractivity contribution < 1.29 is 9.47 Å². The van der Waals surface area contributed by atoms with Gasteiger partial charge in [0, 0.05) is 17.5 Å². The van der Waals surface area contributed by atoms with E-state index in [0.29, 0.717) is 11.6 Å². The van der Waals surface area contributed by atoms with Gasteiger partial charge in [-0.15, -0.1) is 0 Å². The summed E-state index contributed by atoms with van der Waals surface area (Å²) in [6.45, 7) is 2.55. The second kappa shape index (κ2) is 4.39. The first kappa shape index (κ1) is 12.5. The molecule has 1 aromatic rings. The Morgan fingerprint density at radius 3 is 2.41 bits per heavy atom. The summed E-state index contributed by atoms with van der Waals surface area (Å²) in [5.41, 5.74) is 7.84. The van der Waals surface area contributed by atoms with Gasteiger partial charge in [0.05, 0.1) is 19.2 Å². The molecule has 1 fully saturated rings. The highest BCUT2D eigenvalue weighted by Crippen LogP contribution is 2.55. The summed E-state index contributed by atoms with van der Waals surface area (Å²) in [4.78, 5) is 0. The highest BCUT2D eigenvalue weighted by atomic mass is 35.5. The van der Waals surface area contributed by atoms with Crippen LogP contribution in [0.1, 0.15) is 24.0 Å². The number of hydrogen-bond acceptors (Lipinski definition) is 3. The lowest BCUT2D eigenvalue weighted by Gasteiger charge is -2.21. The van der Waals surface area contributed by atoms with E-state index in [-0.39, 0.29) is 5.41 Å². The Morgan fingerprint density at radius 2 is 2.00 bits per heavy atom. The van der Waals surface area contributed by atoms with E-state index in [1.165, 1.54) is 0 Å². The predicted octanol–water partition coefficient (Wildman–Crippen LogP) is 2.66. The molecule has 1 aromatic carbocycles. The SMILES string of the molecule is COc1cc(C)c(OC)c(Cl)c1C1(CN)CC1. The topological polar surface area (TPSA) is 44.5 Å². The van der Waals surface area contributed by atoms with E-state index in [9.17, 15) is 0 Å². The van der Waals surface area contributed by atoms with Crippen LogP contribution < -0.4 is 15.2 Å². The molecule has 0 spiro atoms. The average molecular weight is 256 g/mol. The minimum Gasteiger partial charge on any atom is -0.496 e. The number of benzene rings is 1. The van der Waals surface area contributed by atoms with E-state index >= 15 is 0 Å². The summed E-state index contributed by atoms with van der Waals surface area (Å²) in [6.07, 6.45) is 2.12. The van der Waals surface area contributed by atoms with Gasteiger partial charge < -0.3 is 15.2 Å². The van der Waals surface area contributed by atoms with E-state index in [0.717, 1.165) is 35.5 Å². The fraction of sp³-hybridized carbons (Fsp3) is 0.538. The van der Waals surface area contributed by atoms with Crippen LogP contribution in [0.3, 0.4) is 0 Å². The lowest BCUT2D eigenvalue weighted by molar-refractivity contribution is 0.392. The monoisotopic (exact) mass is 255 g/mol. The highest BCUT2D eigenvalue weighted by molar-refractivity contribution is 6.33. The van der Waals surface area contributed by atoms with Crippen LogP contribution in [0.25, 0.3) is 0 Å². The molecule has 1 aliphatic rings. The maximum absolute atomic E-state index is 6.44. The Morgan fingerprint density at radius 1 is 1.35 bits per heavy atom. The van der Waals surface area contributed by atoms with Gasteiger partial charge in [0.2, 0.25) is 0 Å². The quantitative estimate of drug-likeness (QED) is 0.900. The maximum Gasteiger partial charge on any atom is 0.140 e. The van der Waals surface area contributed by atoms with Crippen LogP contribution in [-0.4, -0.2) is 20.8 Å². The number of aryl methyl sites for hydroxylation is 1. The van der Waals surface area contributed by atoms with Crippen molar-refractivity contribution >= 4 is 11.6 Å². The number of rotatable bonds is 4. The molecule has 17 heavy (non-hydrogen) atoms. The molecule has 2 N–H and O–H groups in total. The average Bonchev–Trinajstić information content (AvgIpc) is 3.09. The Hall–Kier alpha value is -0.930. The Labute approximate surface area is 107 Å². The summed E-state index contributed by atoms with van der Waals surface area (Å²) in [7, 11) is 3.29. The van der Waals surface area contributed by atoms with Gasteiger partial charge in [-0.1, -0.05) is 11.6 Å². The number of ether oxygens (including phenoxy) is 2. The van der Waals surface area contributed by atoms with Gasteiger partial charge in [-0.25, -0.2) is 0 Å². The molecule has 1 saturated carbocycles. The lowest BCUT2D eigenvalue weighted by atomic mass is 9.93. The minimum atomic E-state index is -0.0105. The van der Waals surface area contributed by atoms with Crippen LogP contribution in [-0.2, 0) is 5.41 Å². The van der Waals surface area contributed by atoms with Crippen LogP contribution in [0.2, 0.25) is 5.02 Å². The third-order valence-corrected chi connectivity index (χ3v) is 3.93. The number of hydrogen-bond donors (Lipinski definition) is 1. The van der Waals surface area contributed by atoms with Crippen LogP contribution in [0.5, 0.6) is 11.5 Å². The fourth-order valence-corrected chi connectivity index (χ4v) is 2.86. The van der Waals surface area contributed by atoms with E-state index in [2.05, 4.69) is 0 Å². The van der Waals surface area contributed by atoms with E-state index < -0.39 is 0 Å². The standard InChI is InChI=1S/C13H18ClNO2/c1-8-6-9(16-2)10(11(14)12(8)17-3)13(7-15)4-5-13/h6H,4-5,7,15H2,1-3H3. The van der Waals surface area contributed by atoms with Crippen molar-refractivity contribution in [1.82, 2.24) is 0 Å². The normalized spacial score (nSPS) is 16.8.